The fourth-order valence-electron chi connectivity index (χ4n) is 1.20. The Morgan fingerprint density at radius 1 is 1.29 bits per heavy atom. The highest BCUT2D eigenvalue weighted by Crippen LogP contribution is 2.23. The van der Waals surface area contributed by atoms with Gasteiger partial charge in [-0.3, -0.25) is 4.79 Å². The van der Waals surface area contributed by atoms with Crippen molar-refractivity contribution in [2.45, 2.75) is 25.7 Å². The number of carbonyl (C=O) groups excluding carboxylic acids is 1. The highest BCUT2D eigenvalue weighted by atomic mass is 32.2. The van der Waals surface area contributed by atoms with Crippen molar-refractivity contribution in [1.82, 2.24) is 0 Å². The third kappa shape index (κ3) is 2.61. The molecule has 0 fully saturated rings. The summed E-state index contributed by atoms with van der Waals surface area (Å²) in [5, 5.41) is 0. The van der Waals surface area contributed by atoms with E-state index in [0.717, 1.165) is 10.5 Å². The fourth-order valence-corrected chi connectivity index (χ4v) is 1.66. The Bertz CT molecular complexity index is 336. The highest BCUT2D eigenvalue weighted by Gasteiger charge is 2.22. The zero-order chi connectivity index (χ0) is 10.8. The van der Waals surface area contributed by atoms with Crippen LogP contribution in [0, 0.1) is 5.41 Å². The van der Waals surface area contributed by atoms with Gasteiger partial charge in [0.2, 0.25) is 0 Å². The van der Waals surface area contributed by atoms with Crippen LogP contribution >= 0.6 is 11.8 Å². The van der Waals surface area contributed by atoms with E-state index in [9.17, 15) is 4.79 Å². The molecule has 0 unspecified atom stereocenters. The van der Waals surface area contributed by atoms with Crippen LogP contribution in [0.4, 0.5) is 0 Å². The summed E-state index contributed by atoms with van der Waals surface area (Å²) < 4.78 is 0. The quantitative estimate of drug-likeness (QED) is 0.545. The van der Waals surface area contributed by atoms with Crippen molar-refractivity contribution < 1.29 is 4.79 Å². The smallest absolute Gasteiger partial charge is 0.168 e. The first-order valence-corrected chi connectivity index (χ1v) is 5.86. The maximum Gasteiger partial charge on any atom is 0.168 e. The van der Waals surface area contributed by atoms with Crippen molar-refractivity contribution in [3.63, 3.8) is 0 Å². The van der Waals surface area contributed by atoms with E-state index in [4.69, 9.17) is 0 Å². The van der Waals surface area contributed by atoms with Crippen LogP contribution in [0.5, 0.6) is 0 Å². The van der Waals surface area contributed by atoms with Gasteiger partial charge in [0.1, 0.15) is 0 Å². The molecule has 0 saturated carbocycles. The van der Waals surface area contributed by atoms with Gasteiger partial charge in [0.25, 0.3) is 0 Å². The summed E-state index contributed by atoms with van der Waals surface area (Å²) in [5.41, 5.74) is 0.515. The van der Waals surface area contributed by atoms with Crippen molar-refractivity contribution in [3.05, 3.63) is 29.8 Å². The van der Waals surface area contributed by atoms with Gasteiger partial charge >= 0.3 is 0 Å². The zero-order valence-electron chi connectivity index (χ0n) is 9.13. The Kier molecular flexibility index (Phi) is 3.38. The molecule has 0 aliphatic rings. The monoisotopic (exact) mass is 208 g/mol. The number of Topliss-reactive ketones (excluding diaryl/α,β-unsaturated/α-hetero) is 1. The van der Waals surface area contributed by atoms with Gasteiger partial charge in [-0.05, 0) is 18.4 Å². The van der Waals surface area contributed by atoms with Crippen LogP contribution in [0.15, 0.2) is 29.2 Å². The molecule has 0 aliphatic heterocycles. The molecule has 0 heterocycles. The van der Waals surface area contributed by atoms with Gasteiger partial charge in [-0.2, -0.15) is 0 Å². The second kappa shape index (κ2) is 4.18. The average Bonchev–Trinajstić information content (AvgIpc) is 2.15. The van der Waals surface area contributed by atoms with Crippen molar-refractivity contribution in [1.29, 1.82) is 0 Å². The molecular weight excluding hydrogens is 192 g/mol. The molecule has 0 N–H and O–H groups in total. The van der Waals surface area contributed by atoms with Gasteiger partial charge in [-0.1, -0.05) is 32.9 Å². The van der Waals surface area contributed by atoms with Gasteiger partial charge in [-0.25, -0.2) is 0 Å². The summed E-state index contributed by atoms with van der Waals surface area (Å²) in [6, 6.07) is 7.79. The Morgan fingerprint density at radius 3 is 2.43 bits per heavy atom. The molecule has 0 saturated heterocycles. The summed E-state index contributed by atoms with van der Waals surface area (Å²) in [6.45, 7) is 5.84. The van der Waals surface area contributed by atoms with Gasteiger partial charge in [0.15, 0.2) is 5.78 Å². The van der Waals surface area contributed by atoms with E-state index in [1.165, 1.54) is 0 Å². The number of hydrogen-bond donors (Lipinski definition) is 0. The third-order valence-corrected chi connectivity index (χ3v) is 2.74. The lowest BCUT2D eigenvalue weighted by atomic mass is 9.87. The maximum atomic E-state index is 11.9. The van der Waals surface area contributed by atoms with Gasteiger partial charge in [0, 0.05) is 15.9 Å². The highest BCUT2D eigenvalue weighted by molar-refractivity contribution is 7.98. The SMILES string of the molecule is CSc1cccc(C(=O)C(C)(C)C)c1. The van der Waals surface area contributed by atoms with Crippen molar-refractivity contribution in [3.8, 4) is 0 Å². The van der Waals surface area contributed by atoms with Crippen LogP contribution in [0.3, 0.4) is 0 Å². The van der Waals surface area contributed by atoms with Crippen LogP contribution < -0.4 is 0 Å². The number of rotatable bonds is 2. The Morgan fingerprint density at radius 2 is 1.93 bits per heavy atom. The lowest BCUT2D eigenvalue weighted by Crippen LogP contribution is -2.20. The van der Waals surface area contributed by atoms with E-state index in [1.54, 1.807) is 11.8 Å². The van der Waals surface area contributed by atoms with Crippen LogP contribution in [-0.2, 0) is 0 Å². The standard InChI is InChI=1S/C12H16OS/c1-12(2,3)11(13)9-6-5-7-10(8-9)14-4/h5-8H,1-4H3. The molecule has 0 radical (unpaired) electrons. The summed E-state index contributed by atoms with van der Waals surface area (Å²) in [5.74, 6) is 0.202. The minimum Gasteiger partial charge on any atom is -0.294 e. The molecule has 0 atom stereocenters. The number of thioether (sulfide) groups is 1. The van der Waals surface area contributed by atoms with Gasteiger partial charge < -0.3 is 0 Å². The van der Waals surface area contributed by atoms with E-state index < -0.39 is 0 Å². The molecule has 0 bridgehead atoms. The molecule has 1 aromatic rings. The molecule has 0 amide bonds. The number of ketones is 1. The predicted octanol–water partition coefficient (Wildman–Crippen LogP) is 3.64. The average molecular weight is 208 g/mol. The molecule has 1 nitrogen and oxygen atoms in total. The lowest BCUT2D eigenvalue weighted by molar-refractivity contribution is 0.0858. The normalized spacial score (nSPS) is 11.4. The van der Waals surface area contributed by atoms with E-state index in [-0.39, 0.29) is 11.2 Å². The summed E-state index contributed by atoms with van der Waals surface area (Å²) in [7, 11) is 0. The lowest BCUT2D eigenvalue weighted by Gasteiger charge is -2.16. The van der Waals surface area contributed by atoms with Gasteiger partial charge in [-0.15, -0.1) is 11.8 Å². The third-order valence-electron chi connectivity index (χ3n) is 2.01. The molecule has 14 heavy (non-hydrogen) atoms. The summed E-state index contributed by atoms with van der Waals surface area (Å²) in [4.78, 5) is 13.1. The topological polar surface area (TPSA) is 17.1 Å². The largest absolute Gasteiger partial charge is 0.294 e. The maximum absolute atomic E-state index is 11.9. The molecule has 1 rings (SSSR count). The van der Waals surface area contributed by atoms with Crippen LogP contribution in [0.2, 0.25) is 0 Å². The van der Waals surface area contributed by atoms with Crippen molar-refractivity contribution in [2.24, 2.45) is 5.41 Å². The number of benzene rings is 1. The minimum absolute atomic E-state index is 0.202. The van der Waals surface area contributed by atoms with Crippen LogP contribution in [-0.4, -0.2) is 12.0 Å². The first-order chi connectivity index (χ1) is 6.45. The van der Waals surface area contributed by atoms with E-state index >= 15 is 0 Å². The molecule has 0 aromatic heterocycles. The number of hydrogen-bond acceptors (Lipinski definition) is 2. The van der Waals surface area contributed by atoms with Crippen LogP contribution in [0.25, 0.3) is 0 Å². The Hall–Kier alpha value is -0.760. The van der Waals surface area contributed by atoms with E-state index in [2.05, 4.69) is 0 Å². The Balaban J connectivity index is 3.02. The first kappa shape index (κ1) is 11.3. The molecule has 1 aromatic carbocycles. The summed E-state index contributed by atoms with van der Waals surface area (Å²) >= 11 is 1.66. The zero-order valence-corrected chi connectivity index (χ0v) is 9.94. The van der Waals surface area contributed by atoms with Gasteiger partial charge in [0.05, 0.1) is 0 Å². The molecule has 76 valence electrons. The summed E-state index contributed by atoms with van der Waals surface area (Å²) in [6.07, 6.45) is 2.01. The van der Waals surface area contributed by atoms with E-state index in [1.807, 2.05) is 51.3 Å². The Labute approximate surface area is 89.9 Å². The number of carbonyl (C=O) groups is 1. The molecule has 0 spiro atoms. The molecular formula is C12H16OS. The predicted molar refractivity (Wildman–Crippen MR) is 62.0 cm³/mol. The minimum atomic E-state index is -0.295. The molecule has 0 aliphatic carbocycles. The van der Waals surface area contributed by atoms with E-state index in [0.29, 0.717) is 0 Å². The second-order valence-corrected chi connectivity index (χ2v) is 5.19. The van der Waals surface area contributed by atoms with Crippen molar-refractivity contribution in [2.75, 3.05) is 6.26 Å². The van der Waals surface area contributed by atoms with Crippen molar-refractivity contribution >= 4 is 17.5 Å². The van der Waals surface area contributed by atoms with Crippen LogP contribution in [0.1, 0.15) is 31.1 Å². The fraction of sp³-hybridized carbons (Fsp3) is 0.417. The second-order valence-electron chi connectivity index (χ2n) is 4.31. The molecule has 2 heteroatoms. The first-order valence-electron chi connectivity index (χ1n) is 4.64.